The van der Waals surface area contributed by atoms with E-state index in [0.717, 1.165) is 17.3 Å². The van der Waals surface area contributed by atoms with E-state index in [2.05, 4.69) is 10.6 Å². The Kier molecular flexibility index (Phi) is 4.04. The maximum absolute atomic E-state index is 13.3. The first kappa shape index (κ1) is 15.8. The summed E-state index contributed by atoms with van der Waals surface area (Å²) in [6.45, 7) is 0. The third-order valence-corrected chi connectivity index (χ3v) is 4.20. The van der Waals surface area contributed by atoms with E-state index in [1.54, 1.807) is 13.1 Å². The molecule has 2 aromatic rings. The van der Waals surface area contributed by atoms with E-state index in [-0.39, 0.29) is 11.7 Å². The van der Waals surface area contributed by atoms with Gasteiger partial charge in [0.25, 0.3) is 0 Å². The highest BCUT2D eigenvalue weighted by Crippen LogP contribution is 2.42. The van der Waals surface area contributed by atoms with Crippen LogP contribution in [0.25, 0.3) is 0 Å². The van der Waals surface area contributed by atoms with Crippen molar-refractivity contribution >= 4 is 5.69 Å². The number of rotatable bonds is 2. The normalized spacial score (nSPS) is 21.6. The molecule has 0 spiro atoms. The van der Waals surface area contributed by atoms with E-state index in [4.69, 9.17) is 0 Å². The Labute approximate surface area is 133 Å². The van der Waals surface area contributed by atoms with Crippen molar-refractivity contribution in [2.75, 3.05) is 19.4 Å². The van der Waals surface area contributed by atoms with Crippen LogP contribution >= 0.6 is 0 Å². The number of hydrogen-bond donors (Lipinski definition) is 2. The predicted octanol–water partition coefficient (Wildman–Crippen LogP) is 3.98. The molecule has 2 N–H and O–H groups in total. The van der Waals surface area contributed by atoms with Crippen molar-refractivity contribution in [1.29, 1.82) is 0 Å². The van der Waals surface area contributed by atoms with E-state index < -0.39 is 17.9 Å². The molecule has 3 nitrogen and oxygen atoms in total. The van der Waals surface area contributed by atoms with E-state index in [0.29, 0.717) is 0 Å². The summed E-state index contributed by atoms with van der Waals surface area (Å²) in [6, 6.07) is 13.3. The molecule has 2 unspecified atom stereocenters. The van der Waals surface area contributed by atoms with E-state index >= 15 is 0 Å². The zero-order chi connectivity index (χ0) is 16.6. The van der Waals surface area contributed by atoms with Gasteiger partial charge in [0.2, 0.25) is 0 Å². The summed E-state index contributed by atoms with van der Waals surface area (Å²) in [5, 5.41) is 6.40. The van der Waals surface area contributed by atoms with Gasteiger partial charge in [0, 0.05) is 16.8 Å². The Morgan fingerprint density at radius 3 is 2.26 bits per heavy atom. The van der Waals surface area contributed by atoms with Crippen LogP contribution in [0.1, 0.15) is 29.0 Å². The Balaban J connectivity index is 2.09. The second kappa shape index (κ2) is 5.86. The first-order valence-corrected chi connectivity index (χ1v) is 7.34. The molecular weight excluding hydrogens is 303 g/mol. The monoisotopic (exact) mass is 321 g/mol. The van der Waals surface area contributed by atoms with Crippen LogP contribution in [0.2, 0.25) is 0 Å². The molecule has 122 valence electrons. The molecule has 6 heteroatoms. The first-order valence-electron chi connectivity index (χ1n) is 7.34. The van der Waals surface area contributed by atoms with Crippen LogP contribution in [-0.4, -0.2) is 19.0 Å². The first-order chi connectivity index (χ1) is 10.9. The maximum Gasteiger partial charge on any atom is 0.416 e. The highest BCUT2D eigenvalue weighted by Gasteiger charge is 2.39. The third kappa shape index (κ3) is 2.80. The van der Waals surface area contributed by atoms with E-state index in [1.807, 2.05) is 36.2 Å². The minimum absolute atomic E-state index is 0.168. The largest absolute Gasteiger partial charge is 0.416 e. The predicted molar refractivity (Wildman–Crippen MR) is 83.8 cm³/mol. The molecule has 1 aliphatic rings. The molecule has 0 saturated carbocycles. The summed E-state index contributed by atoms with van der Waals surface area (Å²) in [5.74, 6) is 0. The number of halogens is 3. The van der Waals surface area contributed by atoms with Crippen LogP contribution in [0.3, 0.4) is 0 Å². The summed E-state index contributed by atoms with van der Waals surface area (Å²) in [6.07, 6.45) is -5.12. The van der Waals surface area contributed by atoms with Crippen LogP contribution < -0.4 is 10.6 Å². The summed E-state index contributed by atoms with van der Waals surface area (Å²) < 4.78 is 40.0. The smallest absolute Gasteiger partial charge is 0.365 e. The van der Waals surface area contributed by atoms with Crippen molar-refractivity contribution in [3.8, 4) is 0 Å². The van der Waals surface area contributed by atoms with Crippen LogP contribution in [0.4, 0.5) is 18.9 Å². The van der Waals surface area contributed by atoms with Gasteiger partial charge in [-0.2, -0.15) is 13.2 Å². The third-order valence-electron chi connectivity index (χ3n) is 4.20. The number of nitrogens with zero attached hydrogens (tertiary/aromatic N) is 1. The molecule has 0 amide bonds. The lowest BCUT2D eigenvalue weighted by Crippen LogP contribution is -2.44. The van der Waals surface area contributed by atoms with Crippen LogP contribution in [-0.2, 0) is 6.18 Å². The van der Waals surface area contributed by atoms with Crippen molar-refractivity contribution < 1.29 is 13.2 Å². The Hall–Kier alpha value is -2.05. The van der Waals surface area contributed by atoms with Crippen molar-refractivity contribution in [1.82, 2.24) is 10.2 Å². The number of alkyl halides is 3. The molecule has 0 bridgehead atoms. The molecule has 2 atom stereocenters. The Bertz CT molecular complexity index is 699. The summed E-state index contributed by atoms with van der Waals surface area (Å²) in [4.78, 5) is 1.87. The lowest BCUT2D eigenvalue weighted by molar-refractivity contribution is -0.138. The summed E-state index contributed by atoms with van der Waals surface area (Å²) >= 11 is 0. The number of benzene rings is 2. The lowest BCUT2D eigenvalue weighted by atomic mass is 9.98. The molecule has 1 aliphatic heterocycles. The van der Waals surface area contributed by atoms with Gasteiger partial charge in [-0.3, -0.25) is 4.90 Å². The lowest BCUT2D eigenvalue weighted by Gasteiger charge is -2.42. The molecular formula is C17H18F3N3. The Morgan fingerprint density at radius 1 is 1.00 bits per heavy atom. The molecule has 0 aromatic heterocycles. The standard InChI is InChI=1S/C17H18F3N3/c1-21-15-12-8-4-6-10-14(12)22-16(23(15)2)11-7-3-5-9-13(11)17(18,19)20/h3-10,15-16,21-22H,1-2H3. The Morgan fingerprint density at radius 2 is 1.61 bits per heavy atom. The zero-order valence-corrected chi connectivity index (χ0v) is 12.9. The minimum Gasteiger partial charge on any atom is -0.365 e. The van der Waals surface area contributed by atoms with Gasteiger partial charge >= 0.3 is 6.18 Å². The number of hydrogen-bond acceptors (Lipinski definition) is 3. The highest BCUT2D eigenvalue weighted by atomic mass is 19.4. The molecule has 0 aliphatic carbocycles. The van der Waals surface area contributed by atoms with Gasteiger partial charge < -0.3 is 10.6 Å². The van der Waals surface area contributed by atoms with Gasteiger partial charge in [-0.25, -0.2) is 0 Å². The van der Waals surface area contributed by atoms with Crippen molar-refractivity contribution in [2.24, 2.45) is 0 Å². The fourth-order valence-corrected chi connectivity index (χ4v) is 3.13. The summed E-state index contributed by atoms with van der Waals surface area (Å²) in [7, 11) is 3.61. The molecule has 0 radical (unpaired) electrons. The van der Waals surface area contributed by atoms with Crippen molar-refractivity contribution in [3.63, 3.8) is 0 Å². The molecule has 0 fully saturated rings. The van der Waals surface area contributed by atoms with Crippen molar-refractivity contribution in [2.45, 2.75) is 18.5 Å². The second-order valence-corrected chi connectivity index (χ2v) is 5.58. The number of para-hydroxylation sites is 1. The van der Waals surface area contributed by atoms with Gasteiger partial charge in [-0.1, -0.05) is 36.4 Å². The maximum atomic E-state index is 13.3. The molecule has 23 heavy (non-hydrogen) atoms. The summed E-state index contributed by atoms with van der Waals surface area (Å²) in [5.41, 5.74) is 1.46. The van der Waals surface area contributed by atoms with Gasteiger partial charge in [-0.05, 0) is 26.2 Å². The van der Waals surface area contributed by atoms with Gasteiger partial charge in [-0.15, -0.1) is 0 Å². The number of anilines is 1. The van der Waals surface area contributed by atoms with Gasteiger partial charge in [0.05, 0.1) is 11.7 Å². The van der Waals surface area contributed by atoms with Crippen LogP contribution in [0.5, 0.6) is 0 Å². The topological polar surface area (TPSA) is 27.3 Å². The van der Waals surface area contributed by atoms with Gasteiger partial charge in [0.1, 0.15) is 6.17 Å². The fraction of sp³-hybridized carbons (Fsp3) is 0.294. The average molecular weight is 321 g/mol. The van der Waals surface area contributed by atoms with Crippen LogP contribution in [0.15, 0.2) is 48.5 Å². The SMILES string of the molecule is CNC1c2ccccc2NC(c2ccccc2C(F)(F)F)N1C. The molecule has 1 heterocycles. The van der Waals surface area contributed by atoms with Gasteiger partial charge in [0.15, 0.2) is 0 Å². The number of fused-ring (bicyclic) bond motifs is 1. The van der Waals surface area contributed by atoms with Crippen molar-refractivity contribution in [3.05, 3.63) is 65.2 Å². The minimum atomic E-state index is -4.38. The molecule has 3 rings (SSSR count). The zero-order valence-electron chi connectivity index (χ0n) is 12.9. The highest BCUT2D eigenvalue weighted by molar-refractivity contribution is 5.56. The quantitative estimate of drug-likeness (QED) is 0.876. The fourth-order valence-electron chi connectivity index (χ4n) is 3.13. The van der Waals surface area contributed by atoms with E-state index in [9.17, 15) is 13.2 Å². The second-order valence-electron chi connectivity index (χ2n) is 5.58. The molecule has 2 aromatic carbocycles. The van der Waals surface area contributed by atoms with Crippen LogP contribution in [0, 0.1) is 0 Å². The average Bonchev–Trinajstić information content (AvgIpc) is 2.53. The van der Waals surface area contributed by atoms with E-state index in [1.165, 1.54) is 12.1 Å². The number of nitrogens with one attached hydrogen (secondary N) is 2. The molecule has 0 saturated heterocycles.